The third kappa shape index (κ3) is 4.89. The van der Waals surface area contributed by atoms with Crippen LogP contribution in [-0.2, 0) is 6.54 Å². The molecule has 1 N–H and O–H groups in total. The van der Waals surface area contributed by atoms with Gasteiger partial charge in [-0.2, -0.15) is 0 Å². The molecule has 4 nitrogen and oxygen atoms in total. The van der Waals surface area contributed by atoms with E-state index < -0.39 is 0 Å². The molecule has 0 saturated heterocycles. The first-order valence-corrected chi connectivity index (χ1v) is 8.57. The van der Waals surface area contributed by atoms with Crippen LogP contribution >= 0.6 is 0 Å². The molecule has 0 radical (unpaired) electrons. The summed E-state index contributed by atoms with van der Waals surface area (Å²) in [6.45, 7) is 12.3. The maximum atomic E-state index is 5.76. The van der Waals surface area contributed by atoms with Crippen LogP contribution in [0.3, 0.4) is 0 Å². The van der Waals surface area contributed by atoms with E-state index in [-0.39, 0.29) is 0 Å². The molecule has 0 aromatic heterocycles. The molecule has 4 heteroatoms. The molecule has 0 saturated carbocycles. The van der Waals surface area contributed by atoms with Crippen molar-refractivity contribution in [3.8, 4) is 11.5 Å². The van der Waals surface area contributed by atoms with Crippen molar-refractivity contribution in [3.63, 3.8) is 0 Å². The summed E-state index contributed by atoms with van der Waals surface area (Å²) in [4.78, 5) is 2.48. The molecule has 1 aromatic carbocycles. The summed E-state index contributed by atoms with van der Waals surface area (Å²) in [6.07, 6.45) is 2.44. The number of hydrogen-bond donors (Lipinski definition) is 1. The molecule has 0 spiro atoms. The van der Waals surface area contributed by atoms with Gasteiger partial charge in [-0.25, -0.2) is 0 Å². The molecule has 0 bridgehead atoms. The van der Waals surface area contributed by atoms with Crippen LogP contribution in [0.2, 0.25) is 0 Å². The lowest BCUT2D eigenvalue weighted by molar-refractivity contribution is 0.169. The lowest BCUT2D eigenvalue weighted by Crippen LogP contribution is -2.29. The van der Waals surface area contributed by atoms with Crippen molar-refractivity contribution in [1.82, 2.24) is 10.2 Å². The number of nitrogens with zero attached hydrogens (tertiary/aromatic N) is 1. The Morgan fingerprint density at radius 3 is 2.73 bits per heavy atom. The van der Waals surface area contributed by atoms with Crippen molar-refractivity contribution in [2.45, 2.75) is 46.2 Å². The summed E-state index contributed by atoms with van der Waals surface area (Å²) in [5.74, 6) is 1.79. The second kappa shape index (κ2) is 9.01. The maximum absolute atomic E-state index is 5.76. The second-order valence-electron chi connectivity index (χ2n) is 5.89. The van der Waals surface area contributed by atoms with Crippen molar-refractivity contribution in [2.24, 2.45) is 0 Å². The van der Waals surface area contributed by atoms with Gasteiger partial charge in [0.1, 0.15) is 13.2 Å². The van der Waals surface area contributed by atoms with Gasteiger partial charge in [-0.15, -0.1) is 0 Å². The Morgan fingerprint density at radius 1 is 1.18 bits per heavy atom. The van der Waals surface area contributed by atoms with E-state index >= 15 is 0 Å². The van der Waals surface area contributed by atoms with Crippen LogP contribution in [0.5, 0.6) is 11.5 Å². The van der Waals surface area contributed by atoms with Crippen LogP contribution in [0.15, 0.2) is 18.2 Å². The number of ether oxygens (including phenoxy) is 2. The summed E-state index contributed by atoms with van der Waals surface area (Å²) in [7, 11) is 0. The normalized spacial score (nSPS) is 15.1. The molecular formula is C18H30N2O2. The fourth-order valence-electron chi connectivity index (χ4n) is 2.82. The van der Waals surface area contributed by atoms with Crippen LogP contribution < -0.4 is 14.8 Å². The Hall–Kier alpha value is -1.26. The Balaban J connectivity index is 1.76. The highest BCUT2D eigenvalue weighted by atomic mass is 16.6. The molecule has 1 aliphatic heterocycles. The monoisotopic (exact) mass is 306 g/mol. The second-order valence-corrected chi connectivity index (χ2v) is 5.89. The quantitative estimate of drug-likeness (QED) is 0.760. The first-order chi connectivity index (χ1) is 10.7. The van der Waals surface area contributed by atoms with Crippen LogP contribution in [0.25, 0.3) is 0 Å². The van der Waals surface area contributed by atoms with Gasteiger partial charge in [-0.05, 0) is 45.5 Å². The number of para-hydroxylation sites is 1. The fourth-order valence-corrected chi connectivity index (χ4v) is 2.82. The van der Waals surface area contributed by atoms with Crippen LogP contribution in [-0.4, -0.2) is 43.8 Å². The first-order valence-electron chi connectivity index (χ1n) is 8.57. The molecule has 22 heavy (non-hydrogen) atoms. The molecule has 1 aliphatic rings. The molecule has 1 aromatic rings. The zero-order chi connectivity index (χ0) is 15.8. The topological polar surface area (TPSA) is 33.7 Å². The smallest absolute Gasteiger partial charge is 0.165 e. The van der Waals surface area contributed by atoms with Gasteiger partial charge in [0, 0.05) is 18.2 Å². The summed E-state index contributed by atoms with van der Waals surface area (Å²) in [6, 6.07) is 6.64. The Labute approximate surface area is 134 Å². The Morgan fingerprint density at radius 2 is 1.95 bits per heavy atom. The van der Waals surface area contributed by atoms with Crippen molar-refractivity contribution >= 4 is 0 Å². The minimum Gasteiger partial charge on any atom is -0.486 e. The van der Waals surface area contributed by atoms with E-state index in [0.29, 0.717) is 19.3 Å². The number of nitrogens with one attached hydrogen (secondary N) is 1. The minimum atomic E-state index is 0.510. The van der Waals surface area contributed by atoms with E-state index in [0.717, 1.165) is 31.1 Å². The van der Waals surface area contributed by atoms with E-state index in [1.165, 1.54) is 24.9 Å². The molecule has 124 valence electrons. The van der Waals surface area contributed by atoms with Gasteiger partial charge >= 0.3 is 0 Å². The summed E-state index contributed by atoms with van der Waals surface area (Å²) in [5, 5.41) is 3.60. The largest absolute Gasteiger partial charge is 0.486 e. The summed E-state index contributed by atoms with van der Waals surface area (Å²) >= 11 is 0. The molecule has 0 amide bonds. The highest BCUT2D eigenvalue weighted by Crippen LogP contribution is 2.33. The zero-order valence-electron chi connectivity index (χ0n) is 14.2. The number of hydrogen-bond acceptors (Lipinski definition) is 4. The van der Waals surface area contributed by atoms with Gasteiger partial charge in [0.15, 0.2) is 11.5 Å². The van der Waals surface area contributed by atoms with E-state index in [2.05, 4.69) is 37.1 Å². The van der Waals surface area contributed by atoms with E-state index in [1.54, 1.807) is 0 Å². The molecule has 0 aliphatic carbocycles. The van der Waals surface area contributed by atoms with Crippen molar-refractivity contribution in [2.75, 3.05) is 32.8 Å². The fraction of sp³-hybridized carbons (Fsp3) is 0.667. The van der Waals surface area contributed by atoms with Crippen LogP contribution in [0, 0.1) is 0 Å². The SMILES string of the molecule is CCN(CC)CCCC(C)NCc1cccc2c1OCCO2. The molecular weight excluding hydrogens is 276 g/mol. The zero-order valence-corrected chi connectivity index (χ0v) is 14.2. The third-order valence-corrected chi connectivity index (χ3v) is 4.29. The average Bonchev–Trinajstić information content (AvgIpc) is 2.57. The molecule has 1 unspecified atom stereocenters. The summed E-state index contributed by atoms with van der Waals surface area (Å²) in [5.41, 5.74) is 1.19. The lowest BCUT2D eigenvalue weighted by atomic mass is 10.1. The first kappa shape index (κ1) is 17.1. The highest BCUT2D eigenvalue weighted by molar-refractivity contribution is 5.47. The summed E-state index contributed by atoms with van der Waals surface area (Å²) < 4.78 is 11.4. The standard InChI is InChI=1S/C18H30N2O2/c1-4-20(5-2)11-7-8-15(3)19-14-16-9-6-10-17-18(16)22-13-12-21-17/h6,9-10,15,19H,4-5,7-8,11-14H2,1-3H3. The number of benzene rings is 1. The lowest BCUT2D eigenvalue weighted by Gasteiger charge is -2.22. The van der Waals surface area contributed by atoms with Crippen molar-refractivity contribution in [1.29, 1.82) is 0 Å². The maximum Gasteiger partial charge on any atom is 0.165 e. The van der Waals surface area contributed by atoms with Gasteiger partial charge in [0.05, 0.1) is 0 Å². The van der Waals surface area contributed by atoms with Gasteiger partial charge in [0.25, 0.3) is 0 Å². The Bertz CT molecular complexity index is 447. The predicted molar refractivity (Wildman–Crippen MR) is 90.8 cm³/mol. The number of rotatable bonds is 9. The Kier molecular flexibility index (Phi) is 7.00. The molecule has 0 fully saturated rings. The van der Waals surface area contributed by atoms with Crippen molar-refractivity contribution < 1.29 is 9.47 Å². The van der Waals surface area contributed by atoms with Gasteiger partial charge in [-0.3, -0.25) is 0 Å². The van der Waals surface area contributed by atoms with Gasteiger partial charge in [0.2, 0.25) is 0 Å². The third-order valence-electron chi connectivity index (χ3n) is 4.29. The minimum absolute atomic E-state index is 0.510. The van der Waals surface area contributed by atoms with E-state index in [1.807, 2.05) is 12.1 Å². The number of fused-ring (bicyclic) bond motifs is 1. The van der Waals surface area contributed by atoms with Gasteiger partial charge in [-0.1, -0.05) is 26.0 Å². The van der Waals surface area contributed by atoms with Gasteiger partial charge < -0.3 is 19.7 Å². The van der Waals surface area contributed by atoms with Crippen molar-refractivity contribution in [3.05, 3.63) is 23.8 Å². The predicted octanol–water partition coefficient (Wildman–Crippen LogP) is 3.06. The van der Waals surface area contributed by atoms with Crippen LogP contribution in [0.4, 0.5) is 0 Å². The van der Waals surface area contributed by atoms with Crippen LogP contribution in [0.1, 0.15) is 39.2 Å². The van der Waals surface area contributed by atoms with E-state index in [9.17, 15) is 0 Å². The highest BCUT2D eigenvalue weighted by Gasteiger charge is 2.15. The molecule has 1 atom stereocenters. The molecule has 2 rings (SSSR count). The average molecular weight is 306 g/mol. The van der Waals surface area contributed by atoms with E-state index in [4.69, 9.17) is 9.47 Å². The molecule has 1 heterocycles.